The van der Waals surface area contributed by atoms with Gasteiger partial charge in [-0.2, -0.15) is 4.31 Å². The number of anilines is 1. The van der Waals surface area contributed by atoms with Crippen LogP contribution in [0, 0.1) is 6.92 Å². The van der Waals surface area contributed by atoms with Crippen LogP contribution in [0.3, 0.4) is 0 Å². The van der Waals surface area contributed by atoms with E-state index in [4.69, 9.17) is 4.74 Å². The number of nitrogens with zero attached hydrogens (tertiary/aromatic N) is 1. The lowest BCUT2D eigenvalue weighted by Gasteiger charge is -2.26. The molecular weight excluding hydrogens is 392 g/mol. The van der Waals surface area contributed by atoms with Crippen LogP contribution >= 0.6 is 0 Å². The molecule has 1 heterocycles. The quantitative estimate of drug-likeness (QED) is 0.701. The highest BCUT2D eigenvalue weighted by molar-refractivity contribution is 7.89. The lowest BCUT2D eigenvalue weighted by molar-refractivity contribution is -0.118. The third kappa shape index (κ3) is 5.21. The highest BCUT2D eigenvalue weighted by atomic mass is 32.2. The van der Waals surface area contributed by atoms with Gasteiger partial charge in [0.25, 0.3) is 5.91 Å². The number of amides is 1. The van der Waals surface area contributed by atoms with Gasteiger partial charge in [0.2, 0.25) is 10.0 Å². The second-order valence-corrected chi connectivity index (χ2v) is 8.88. The molecule has 0 aliphatic carbocycles. The highest BCUT2D eigenvalue weighted by Gasteiger charge is 2.27. The Balaban J connectivity index is 1.68. The molecule has 0 aromatic heterocycles. The largest absolute Gasteiger partial charge is 0.484 e. The van der Waals surface area contributed by atoms with Crippen molar-refractivity contribution in [2.75, 3.05) is 25.0 Å². The van der Waals surface area contributed by atoms with Crippen molar-refractivity contribution in [2.45, 2.75) is 31.1 Å². The van der Waals surface area contributed by atoms with E-state index >= 15 is 0 Å². The number of piperidine rings is 1. The van der Waals surface area contributed by atoms with Crippen molar-refractivity contribution in [1.82, 2.24) is 4.31 Å². The van der Waals surface area contributed by atoms with Gasteiger partial charge in [-0.05, 0) is 49.6 Å². The number of sulfonamides is 1. The molecular formula is C21H24N2O5S. The lowest BCUT2D eigenvalue weighted by atomic mass is 10.2. The number of nitrogens with one attached hydrogen (secondary N) is 1. The zero-order chi connectivity index (χ0) is 20.9. The Kier molecular flexibility index (Phi) is 6.66. The molecule has 0 atom stereocenters. The molecule has 154 valence electrons. The summed E-state index contributed by atoms with van der Waals surface area (Å²) in [5, 5.41) is 2.67. The van der Waals surface area contributed by atoms with Crippen molar-refractivity contribution in [3.63, 3.8) is 0 Å². The smallest absolute Gasteiger partial charge is 0.262 e. The van der Waals surface area contributed by atoms with Gasteiger partial charge >= 0.3 is 0 Å². The zero-order valence-corrected chi connectivity index (χ0v) is 17.1. The maximum atomic E-state index is 13.0. The molecule has 1 aliphatic rings. The Labute approximate surface area is 170 Å². The van der Waals surface area contributed by atoms with Crippen molar-refractivity contribution in [2.24, 2.45) is 0 Å². The molecule has 0 bridgehead atoms. The zero-order valence-electron chi connectivity index (χ0n) is 16.3. The monoisotopic (exact) mass is 416 g/mol. The van der Waals surface area contributed by atoms with Gasteiger partial charge in [-0.15, -0.1) is 0 Å². The molecule has 1 amide bonds. The molecule has 0 saturated carbocycles. The van der Waals surface area contributed by atoms with Gasteiger partial charge in [-0.3, -0.25) is 9.59 Å². The second-order valence-electron chi connectivity index (χ2n) is 6.97. The van der Waals surface area contributed by atoms with Crippen LogP contribution in [0.5, 0.6) is 5.75 Å². The summed E-state index contributed by atoms with van der Waals surface area (Å²) >= 11 is 0. The van der Waals surface area contributed by atoms with Crippen LogP contribution in [0.15, 0.2) is 47.4 Å². The number of benzene rings is 2. The summed E-state index contributed by atoms with van der Waals surface area (Å²) in [5.74, 6) is -0.0197. The SMILES string of the molecule is Cc1ccc(NC(=O)COc2cccc(C=O)c2)cc1S(=O)(=O)N1CCCCC1. The van der Waals surface area contributed by atoms with Crippen molar-refractivity contribution in [1.29, 1.82) is 0 Å². The Morgan fingerprint density at radius 2 is 1.90 bits per heavy atom. The first kappa shape index (κ1) is 21.0. The van der Waals surface area contributed by atoms with E-state index < -0.39 is 15.9 Å². The number of carbonyl (C=O) groups is 2. The minimum absolute atomic E-state index is 0.205. The molecule has 0 radical (unpaired) electrons. The van der Waals surface area contributed by atoms with Crippen LogP contribution in [0.4, 0.5) is 5.69 Å². The van der Waals surface area contributed by atoms with Crippen molar-refractivity contribution >= 4 is 27.9 Å². The van der Waals surface area contributed by atoms with Crippen LogP contribution in [0.25, 0.3) is 0 Å². The number of ether oxygens (including phenoxy) is 1. The number of rotatable bonds is 7. The molecule has 1 fully saturated rings. The average Bonchev–Trinajstić information content (AvgIpc) is 2.74. The van der Waals surface area contributed by atoms with Gasteiger partial charge in [0.1, 0.15) is 12.0 Å². The summed E-state index contributed by atoms with van der Waals surface area (Å²) in [4.78, 5) is 23.2. The molecule has 1 N–H and O–H groups in total. The van der Waals surface area contributed by atoms with E-state index in [0.29, 0.717) is 41.9 Å². The number of aryl methyl sites for hydroxylation is 1. The summed E-state index contributed by atoms with van der Waals surface area (Å²) in [5.41, 5.74) is 1.48. The van der Waals surface area contributed by atoms with E-state index in [1.54, 1.807) is 37.3 Å². The van der Waals surface area contributed by atoms with E-state index in [1.807, 2.05) is 0 Å². The van der Waals surface area contributed by atoms with E-state index in [1.165, 1.54) is 16.4 Å². The maximum Gasteiger partial charge on any atom is 0.262 e. The minimum atomic E-state index is -3.60. The molecule has 2 aromatic rings. The molecule has 8 heteroatoms. The molecule has 0 unspecified atom stereocenters. The molecule has 1 aliphatic heterocycles. The van der Waals surface area contributed by atoms with Crippen LogP contribution in [-0.4, -0.2) is 44.6 Å². The maximum absolute atomic E-state index is 13.0. The van der Waals surface area contributed by atoms with E-state index in [2.05, 4.69) is 5.32 Å². The Hall–Kier alpha value is -2.71. The van der Waals surface area contributed by atoms with Crippen LogP contribution in [0.2, 0.25) is 0 Å². The number of carbonyl (C=O) groups excluding carboxylic acids is 2. The second kappa shape index (κ2) is 9.19. The molecule has 29 heavy (non-hydrogen) atoms. The average molecular weight is 416 g/mol. The van der Waals surface area contributed by atoms with Gasteiger partial charge in [-0.1, -0.05) is 24.6 Å². The predicted molar refractivity (Wildman–Crippen MR) is 110 cm³/mol. The van der Waals surface area contributed by atoms with Crippen LogP contribution in [0.1, 0.15) is 35.2 Å². The van der Waals surface area contributed by atoms with Crippen molar-refractivity contribution in [3.05, 3.63) is 53.6 Å². The van der Waals surface area contributed by atoms with E-state index in [-0.39, 0.29) is 11.5 Å². The summed E-state index contributed by atoms with van der Waals surface area (Å²) in [6, 6.07) is 11.3. The molecule has 7 nitrogen and oxygen atoms in total. The minimum Gasteiger partial charge on any atom is -0.484 e. The summed E-state index contributed by atoms with van der Waals surface area (Å²) in [6.07, 6.45) is 3.45. The fourth-order valence-electron chi connectivity index (χ4n) is 3.22. The number of hydrogen-bond donors (Lipinski definition) is 1. The molecule has 1 saturated heterocycles. The lowest BCUT2D eigenvalue weighted by Crippen LogP contribution is -2.36. The molecule has 3 rings (SSSR count). The van der Waals surface area contributed by atoms with Crippen molar-refractivity contribution in [3.8, 4) is 5.75 Å². The molecule has 2 aromatic carbocycles. The van der Waals surface area contributed by atoms with E-state index in [9.17, 15) is 18.0 Å². The van der Waals surface area contributed by atoms with Gasteiger partial charge in [-0.25, -0.2) is 8.42 Å². The van der Waals surface area contributed by atoms with Gasteiger partial charge < -0.3 is 10.1 Å². The first-order chi connectivity index (χ1) is 13.9. The van der Waals surface area contributed by atoms with Gasteiger partial charge in [0.05, 0.1) is 4.90 Å². The standard InChI is InChI=1S/C21H24N2O5S/c1-16-8-9-18(13-20(16)29(26,27)23-10-3-2-4-11-23)22-21(25)15-28-19-7-5-6-17(12-19)14-24/h5-9,12-14H,2-4,10-11,15H2,1H3,(H,22,25). The van der Waals surface area contributed by atoms with E-state index in [0.717, 1.165) is 19.3 Å². The summed E-state index contributed by atoms with van der Waals surface area (Å²) in [7, 11) is -3.60. The fraction of sp³-hybridized carbons (Fsp3) is 0.333. The van der Waals surface area contributed by atoms with Crippen molar-refractivity contribution < 1.29 is 22.7 Å². The fourth-order valence-corrected chi connectivity index (χ4v) is 4.99. The highest BCUT2D eigenvalue weighted by Crippen LogP contribution is 2.26. The first-order valence-corrected chi connectivity index (χ1v) is 10.9. The Bertz CT molecular complexity index is 998. The summed E-state index contributed by atoms with van der Waals surface area (Å²) in [6.45, 7) is 2.52. The first-order valence-electron chi connectivity index (χ1n) is 9.49. The summed E-state index contributed by atoms with van der Waals surface area (Å²) < 4.78 is 32.9. The Morgan fingerprint density at radius 3 is 2.62 bits per heavy atom. The van der Waals surface area contributed by atoms with Gasteiger partial charge in [0.15, 0.2) is 6.61 Å². The molecule has 0 spiro atoms. The van der Waals surface area contributed by atoms with Gasteiger partial charge in [0, 0.05) is 24.3 Å². The van der Waals surface area contributed by atoms with Crippen LogP contribution in [-0.2, 0) is 14.8 Å². The topological polar surface area (TPSA) is 92.8 Å². The number of hydrogen-bond acceptors (Lipinski definition) is 5. The number of aldehydes is 1. The Morgan fingerprint density at radius 1 is 1.14 bits per heavy atom. The normalized spacial score (nSPS) is 14.9. The predicted octanol–water partition coefficient (Wildman–Crippen LogP) is 3.00. The van der Waals surface area contributed by atoms with Crippen LogP contribution < -0.4 is 10.1 Å². The third-order valence-corrected chi connectivity index (χ3v) is 6.81. The third-order valence-electron chi connectivity index (χ3n) is 4.77.